The van der Waals surface area contributed by atoms with E-state index in [1.807, 2.05) is 0 Å². The van der Waals surface area contributed by atoms with Gasteiger partial charge in [0.15, 0.2) is 0 Å². The van der Waals surface area contributed by atoms with E-state index >= 15 is 0 Å². The Labute approximate surface area is 184 Å². The van der Waals surface area contributed by atoms with Crippen molar-refractivity contribution in [3.05, 3.63) is 52.8 Å². The van der Waals surface area contributed by atoms with Crippen LogP contribution in [0.15, 0.2) is 41.3 Å². The van der Waals surface area contributed by atoms with Gasteiger partial charge in [-0.05, 0) is 48.2 Å². The van der Waals surface area contributed by atoms with E-state index in [1.165, 1.54) is 24.3 Å². The molecular weight excluding hydrogens is 443 g/mol. The lowest BCUT2D eigenvalue weighted by Crippen LogP contribution is -2.36. The third kappa shape index (κ3) is 4.46. The largest absolute Gasteiger partial charge is 0.481 e. The van der Waals surface area contributed by atoms with Crippen LogP contribution >= 0.6 is 11.6 Å². The van der Waals surface area contributed by atoms with Gasteiger partial charge in [-0.3, -0.25) is 4.79 Å². The van der Waals surface area contributed by atoms with Crippen molar-refractivity contribution in [2.24, 2.45) is 0 Å². The quantitative estimate of drug-likeness (QED) is 0.484. The summed E-state index contributed by atoms with van der Waals surface area (Å²) in [5, 5.41) is 9.60. The number of aromatic nitrogens is 1. The van der Waals surface area contributed by atoms with Crippen molar-refractivity contribution < 1.29 is 22.7 Å². The molecule has 3 N–H and O–H groups in total. The Morgan fingerprint density at radius 2 is 1.94 bits per heavy atom. The SMILES string of the molecule is O=C(O)Cc1c(-c2ccc(Cl)c(S(=O)(=O)NC3CCCCC3)c2)[nH]c2cccc(F)c12. The second-order valence-electron chi connectivity index (χ2n) is 7.81. The zero-order valence-electron chi connectivity index (χ0n) is 16.6. The van der Waals surface area contributed by atoms with Crippen LogP contribution in [0.1, 0.15) is 37.7 Å². The van der Waals surface area contributed by atoms with Crippen molar-refractivity contribution in [1.29, 1.82) is 0 Å². The van der Waals surface area contributed by atoms with Crippen LogP contribution in [0.2, 0.25) is 5.02 Å². The maximum atomic E-state index is 14.5. The van der Waals surface area contributed by atoms with Crippen LogP contribution in [0.3, 0.4) is 0 Å². The molecular formula is C22H22ClFN2O4S. The lowest BCUT2D eigenvalue weighted by molar-refractivity contribution is -0.136. The number of aromatic amines is 1. The number of H-pyrrole nitrogens is 1. The Hall–Kier alpha value is -2.42. The fourth-order valence-corrected chi connectivity index (χ4v) is 6.04. The van der Waals surface area contributed by atoms with Gasteiger partial charge in [-0.1, -0.05) is 43.0 Å². The van der Waals surface area contributed by atoms with Crippen molar-refractivity contribution in [2.45, 2.75) is 49.5 Å². The van der Waals surface area contributed by atoms with Gasteiger partial charge in [-0.25, -0.2) is 17.5 Å². The molecule has 0 bridgehead atoms. The van der Waals surface area contributed by atoms with Gasteiger partial charge in [-0.2, -0.15) is 0 Å². The molecule has 0 atom stereocenters. The minimum Gasteiger partial charge on any atom is -0.481 e. The molecule has 2 aromatic carbocycles. The highest BCUT2D eigenvalue weighted by molar-refractivity contribution is 7.89. The number of hydrogen-bond donors (Lipinski definition) is 3. The normalized spacial score (nSPS) is 15.4. The van der Waals surface area contributed by atoms with Crippen molar-refractivity contribution in [3.8, 4) is 11.3 Å². The fourth-order valence-electron chi connectivity index (χ4n) is 4.21. The molecule has 0 saturated heterocycles. The second kappa shape index (κ2) is 8.61. The monoisotopic (exact) mass is 464 g/mol. The molecule has 164 valence electrons. The number of fused-ring (bicyclic) bond motifs is 1. The lowest BCUT2D eigenvalue weighted by atomic mass is 9.96. The summed E-state index contributed by atoms with van der Waals surface area (Å²) in [5.41, 5.74) is 1.46. The zero-order chi connectivity index (χ0) is 22.2. The van der Waals surface area contributed by atoms with Crippen LogP contribution in [0.5, 0.6) is 0 Å². The van der Waals surface area contributed by atoms with E-state index in [0.717, 1.165) is 32.1 Å². The van der Waals surface area contributed by atoms with Gasteiger partial charge >= 0.3 is 5.97 Å². The van der Waals surface area contributed by atoms with Gasteiger partial charge in [0.25, 0.3) is 0 Å². The molecule has 4 rings (SSSR count). The lowest BCUT2D eigenvalue weighted by Gasteiger charge is -2.23. The van der Waals surface area contributed by atoms with Crippen LogP contribution in [0.25, 0.3) is 22.2 Å². The molecule has 0 amide bonds. The second-order valence-corrected chi connectivity index (χ2v) is 9.90. The number of carboxylic acid groups (broad SMARTS) is 1. The highest BCUT2D eigenvalue weighted by Crippen LogP contribution is 2.35. The molecule has 0 radical (unpaired) electrons. The van der Waals surface area contributed by atoms with E-state index in [9.17, 15) is 22.7 Å². The number of halogens is 2. The number of aliphatic carboxylic acids is 1. The van der Waals surface area contributed by atoms with Crippen molar-refractivity contribution >= 4 is 38.5 Å². The molecule has 6 nitrogen and oxygen atoms in total. The van der Waals surface area contributed by atoms with Crippen LogP contribution in [-0.2, 0) is 21.2 Å². The summed E-state index contributed by atoms with van der Waals surface area (Å²) in [7, 11) is -3.88. The first kappa shape index (κ1) is 21.8. The minimum atomic E-state index is -3.88. The summed E-state index contributed by atoms with van der Waals surface area (Å²) >= 11 is 6.23. The molecule has 0 spiro atoms. The average molecular weight is 465 g/mol. The highest BCUT2D eigenvalue weighted by atomic mass is 35.5. The van der Waals surface area contributed by atoms with Crippen LogP contribution < -0.4 is 4.72 Å². The Balaban J connectivity index is 1.80. The fraction of sp³-hybridized carbons (Fsp3) is 0.318. The molecule has 1 fully saturated rings. The smallest absolute Gasteiger partial charge is 0.307 e. The number of rotatable bonds is 6. The summed E-state index contributed by atoms with van der Waals surface area (Å²) in [6.07, 6.45) is 4.18. The standard InChI is InChI=1S/C22H22ClFN2O4S/c23-16-10-9-13(11-19(16)31(29,30)26-14-5-2-1-3-6-14)22-15(12-20(27)28)21-17(24)7-4-8-18(21)25-22/h4,7-11,14,25-26H,1-3,5-6,12H2,(H,27,28). The number of hydrogen-bond acceptors (Lipinski definition) is 3. The molecule has 1 aliphatic carbocycles. The zero-order valence-corrected chi connectivity index (χ0v) is 18.2. The Morgan fingerprint density at radius 3 is 2.65 bits per heavy atom. The maximum Gasteiger partial charge on any atom is 0.307 e. The van der Waals surface area contributed by atoms with Gasteiger partial charge in [0, 0.05) is 16.9 Å². The van der Waals surface area contributed by atoms with E-state index in [4.69, 9.17) is 11.6 Å². The number of sulfonamides is 1. The molecule has 1 aliphatic rings. The van der Waals surface area contributed by atoms with Crippen LogP contribution in [-0.4, -0.2) is 30.5 Å². The number of nitrogens with one attached hydrogen (secondary N) is 2. The third-order valence-corrected chi connectivity index (χ3v) is 7.64. The summed E-state index contributed by atoms with van der Waals surface area (Å²) in [6, 6.07) is 8.75. The van der Waals surface area contributed by atoms with E-state index < -0.39 is 28.2 Å². The minimum absolute atomic E-state index is 0.0640. The van der Waals surface area contributed by atoms with Gasteiger partial charge in [0.1, 0.15) is 10.7 Å². The van der Waals surface area contributed by atoms with Crippen LogP contribution in [0.4, 0.5) is 4.39 Å². The molecule has 0 aliphatic heterocycles. The van der Waals surface area contributed by atoms with E-state index in [1.54, 1.807) is 12.1 Å². The van der Waals surface area contributed by atoms with Crippen molar-refractivity contribution in [3.63, 3.8) is 0 Å². The first-order chi connectivity index (χ1) is 14.8. The van der Waals surface area contributed by atoms with Gasteiger partial charge < -0.3 is 10.1 Å². The van der Waals surface area contributed by atoms with Crippen molar-refractivity contribution in [1.82, 2.24) is 9.71 Å². The summed E-state index contributed by atoms with van der Waals surface area (Å²) in [5.74, 6) is -1.66. The number of carbonyl (C=O) groups is 1. The Morgan fingerprint density at radius 1 is 1.19 bits per heavy atom. The van der Waals surface area contributed by atoms with Crippen molar-refractivity contribution in [2.75, 3.05) is 0 Å². The molecule has 1 saturated carbocycles. The van der Waals surface area contributed by atoms with Gasteiger partial charge in [-0.15, -0.1) is 0 Å². The first-order valence-corrected chi connectivity index (χ1v) is 12.0. The molecule has 0 unspecified atom stereocenters. The number of benzene rings is 2. The highest BCUT2D eigenvalue weighted by Gasteiger charge is 2.26. The Bertz CT molecular complexity index is 1250. The third-order valence-electron chi connectivity index (χ3n) is 5.64. The van der Waals surface area contributed by atoms with E-state index in [0.29, 0.717) is 16.8 Å². The maximum absolute atomic E-state index is 14.5. The molecule has 1 aromatic heterocycles. The van der Waals surface area contributed by atoms with E-state index in [2.05, 4.69) is 9.71 Å². The first-order valence-electron chi connectivity index (χ1n) is 10.1. The summed E-state index contributed by atoms with van der Waals surface area (Å²) in [4.78, 5) is 14.4. The molecule has 1 heterocycles. The molecule has 9 heteroatoms. The number of carboxylic acids is 1. The predicted octanol–water partition coefficient (Wildman–Crippen LogP) is 4.87. The summed E-state index contributed by atoms with van der Waals surface area (Å²) < 4.78 is 43.3. The summed E-state index contributed by atoms with van der Waals surface area (Å²) in [6.45, 7) is 0. The molecule has 31 heavy (non-hydrogen) atoms. The average Bonchev–Trinajstić information content (AvgIpc) is 3.07. The topological polar surface area (TPSA) is 99.3 Å². The van der Waals surface area contributed by atoms with Gasteiger partial charge in [0.2, 0.25) is 10.0 Å². The van der Waals surface area contributed by atoms with E-state index in [-0.39, 0.29) is 26.9 Å². The predicted molar refractivity (Wildman–Crippen MR) is 117 cm³/mol. The Kier molecular flexibility index (Phi) is 6.05. The van der Waals surface area contributed by atoms with Crippen LogP contribution in [0, 0.1) is 5.82 Å². The van der Waals surface area contributed by atoms with Gasteiger partial charge in [0.05, 0.1) is 17.1 Å². The molecule has 3 aromatic rings.